The number of nitrogens with one attached hydrogen (secondary N) is 1. The monoisotopic (exact) mass is 350 g/mol. The molecule has 0 saturated carbocycles. The number of para-hydroxylation sites is 1. The van der Waals surface area contributed by atoms with Crippen molar-refractivity contribution in [2.45, 2.75) is 13.2 Å². The van der Waals surface area contributed by atoms with Crippen molar-refractivity contribution in [1.29, 1.82) is 0 Å². The van der Waals surface area contributed by atoms with Crippen LogP contribution < -0.4 is 10.1 Å². The molecule has 4 nitrogen and oxygen atoms in total. The van der Waals surface area contributed by atoms with Crippen LogP contribution in [0.3, 0.4) is 0 Å². The molecule has 0 saturated heterocycles. The van der Waals surface area contributed by atoms with E-state index in [0.29, 0.717) is 13.2 Å². The molecule has 0 amide bonds. The van der Waals surface area contributed by atoms with Crippen LogP contribution >= 0.6 is 15.9 Å². The van der Waals surface area contributed by atoms with Crippen LogP contribution in [0.5, 0.6) is 5.75 Å². The summed E-state index contributed by atoms with van der Waals surface area (Å²) in [5.74, 6) is 0.855. The van der Waals surface area contributed by atoms with Gasteiger partial charge in [-0.3, -0.25) is 4.98 Å². The van der Waals surface area contributed by atoms with E-state index in [1.807, 2.05) is 30.3 Å². The lowest BCUT2D eigenvalue weighted by Crippen LogP contribution is -2.19. The largest absolute Gasteiger partial charge is 0.486 e. The summed E-state index contributed by atoms with van der Waals surface area (Å²) in [6, 6.07) is 11.8. The summed E-state index contributed by atoms with van der Waals surface area (Å²) < 4.78 is 11.9. The van der Waals surface area contributed by atoms with Crippen molar-refractivity contribution >= 4 is 15.9 Å². The molecule has 0 bridgehead atoms. The lowest BCUT2D eigenvalue weighted by atomic mass is 10.2. The van der Waals surface area contributed by atoms with Gasteiger partial charge in [0.2, 0.25) is 0 Å². The molecule has 0 aliphatic carbocycles. The number of halogens is 1. The molecule has 21 heavy (non-hydrogen) atoms. The fourth-order valence-electron chi connectivity index (χ4n) is 1.88. The third-order valence-electron chi connectivity index (χ3n) is 2.94. The molecule has 1 aromatic heterocycles. The first-order chi connectivity index (χ1) is 10.3. The molecule has 0 unspecified atom stereocenters. The SMILES string of the molecule is COCCNCc1cccc(Br)c1OCc1ccccn1. The predicted octanol–water partition coefficient (Wildman–Crippen LogP) is 3.16. The fourth-order valence-corrected chi connectivity index (χ4v) is 2.40. The summed E-state index contributed by atoms with van der Waals surface area (Å²) in [4.78, 5) is 4.27. The van der Waals surface area contributed by atoms with Gasteiger partial charge in [-0.15, -0.1) is 0 Å². The lowest BCUT2D eigenvalue weighted by molar-refractivity contribution is 0.199. The first-order valence-electron chi connectivity index (χ1n) is 6.81. The van der Waals surface area contributed by atoms with Gasteiger partial charge in [-0.25, -0.2) is 0 Å². The second-order valence-corrected chi connectivity index (χ2v) is 5.36. The summed E-state index contributed by atoms with van der Waals surface area (Å²) in [6.45, 7) is 2.69. The summed E-state index contributed by atoms with van der Waals surface area (Å²) in [5.41, 5.74) is 2.02. The van der Waals surface area contributed by atoms with Crippen molar-refractivity contribution in [3.05, 3.63) is 58.3 Å². The molecule has 112 valence electrons. The van der Waals surface area contributed by atoms with Crippen LogP contribution in [0.4, 0.5) is 0 Å². The molecular weight excluding hydrogens is 332 g/mol. The molecule has 5 heteroatoms. The van der Waals surface area contributed by atoms with Crippen molar-refractivity contribution in [1.82, 2.24) is 10.3 Å². The van der Waals surface area contributed by atoms with E-state index in [1.165, 1.54) is 0 Å². The smallest absolute Gasteiger partial charge is 0.138 e. The predicted molar refractivity (Wildman–Crippen MR) is 86.3 cm³/mol. The highest BCUT2D eigenvalue weighted by molar-refractivity contribution is 9.10. The van der Waals surface area contributed by atoms with Gasteiger partial charge in [0, 0.05) is 32.0 Å². The van der Waals surface area contributed by atoms with Gasteiger partial charge >= 0.3 is 0 Å². The molecule has 1 N–H and O–H groups in total. The van der Waals surface area contributed by atoms with Crippen LogP contribution in [0.1, 0.15) is 11.3 Å². The summed E-state index contributed by atoms with van der Waals surface area (Å²) in [7, 11) is 1.70. The van der Waals surface area contributed by atoms with Crippen LogP contribution in [0.2, 0.25) is 0 Å². The normalized spacial score (nSPS) is 10.6. The molecule has 0 radical (unpaired) electrons. The average molecular weight is 351 g/mol. The Hall–Kier alpha value is -1.43. The molecular formula is C16H19BrN2O2. The summed E-state index contributed by atoms with van der Waals surface area (Å²) >= 11 is 3.55. The van der Waals surface area contributed by atoms with E-state index in [1.54, 1.807) is 13.3 Å². The van der Waals surface area contributed by atoms with Gasteiger partial charge < -0.3 is 14.8 Å². The van der Waals surface area contributed by atoms with Gasteiger partial charge in [0.05, 0.1) is 16.8 Å². The van der Waals surface area contributed by atoms with E-state index in [0.717, 1.165) is 34.6 Å². The molecule has 1 aromatic carbocycles. The topological polar surface area (TPSA) is 43.4 Å². The van der Waals surface area contributed by atoms with E-state index in [4.69, 9.17) is 9.47 Å². The van der Waals surface area contributed by atoms with E-state index < -0.39 is 0 Å². The zero-order valence-corrected chi connectivity index (χ0v) is 13.6. The van der Waals surface area contributed by atoms with Gasteiger partial charge in [-0.05, 0) is 34.1 Å². The third kappa shape index (κ3) is 5.12. The van der Waals surface area contributed by atoms with Crippen molar-refractivity contribution in [3.8, 4) is 5.75 Å². The second-order valence-electron chi connectivity index (χ2n) is 4.51. The van der Waals surface area contributed by atoms with Gasteiger partial charge in [-0.1, -0.05) is 18.2 Å². The van der Waals surface area contributed by atoms with E-state index in [9.17, 15) is 0 Å². The first-order valence-corrected chi connectivity index (χ1v) is 7.60. The minimum Gasteiger partial charge on any atom is -0.486 e. The van der Waals surface area contributed by atoms with E-state index >= 15 is 0 Å². The highest BCUT2D eigenvalue weighted by Gasteiger charge is 2.08. The number of hydrogen-bond acceptors (Lipinski definition) is 4. The van der Waals surface area contributed by atoms with E-state index in [-0.39, 0.29) is 0 Å². The number of nitrogens with zero attached hydrogens (tertiary/aromatic N) is 1. The number of benzene rings is 1. The molecule has 0 aliphatic rings. The Morgan fingerprint density at radius 1 is 1.19 bits per heavy atom. The highest BCUT2D eigenvalue weighted by Crippen LogP contribution is 2.29. The zero-order chi connectivity index (χ0) is 14.9. The molecule has 2 aromatic rings. The summed E-state index contributed by atoms with van der Waals surface area (Å²) in [5, 5.41) is 3.33. The molecule has 0 spiro atoms. The second kappa shape index (κ2) is 8.77. The maximum absolute atomic E-state index is 5.93. The summed E-state index contributed by atoms with van der Waals surface area (Å²) in [6.07, 6.45) is 1.77. The number of ether oxygens (including phenoxy) is 2. The van der Waals surface area contributed by atoms with Crippen LogP contribution in [-0.4, -0.2) is 25.2 Å². The number of rotatable bonds is 8. The standard InChI is InChI=1S/C16H19BrN2O2/c1-20-10-9-18-11-13-5-4-7-15(17)16(13)21-12-14-6-2-3-8-19-14/h2-8,18H,9-12H2,1H3. The van der Waals surface area contributed by atoms with Gasteiger partial charge in [0.15, 0.2) is 0 Å². The number of hydrogen-bond donors (Lipinski definition) is 1. The minimum absolute atomic E-state index is 0.453. The lowest BCUT2D eigenvalue weighted by Gasteiger charge is -2.13. The van der Waals surface area contributed by atoms with E-state index in [2.05, 4.69) is 32.3 Å². The van der Waals surface area contributed by atoms with Crippen molar-refractivity contribution < 1.29 is 9.47 Å². The van der Waals surface area contributed by atoms with Crippen LogP contribution in [0, 0.1) is 0 Å². The fraction of sp³-hybridized carbons (Fsp3) is 0.312. The molecule has 1 heterocycles. The highest BCUT2D eigenvalue weighted by atomic mass is 79.9. The third-order valence-corrected chi connectivity index (χ3v) is 3.56. The van der Waals surface area contributed by atoms with Crippen LogP contribution in [0.15, 0.2) is 47.1 Å². The van der Waals surface area contributed by atoms with Crippen LogP contribution in [0.25, 0.3) is 0 Å². The maximum Gasteiger partial charge on any atom is 0.138 e. The number of aromatic nitrogens is 1. The maximum atomic E-state index is 5.93. The first kappa shape index (κ1) is 15.9. The molecule has 0 fully saturated rings. The quantitative estimate of drug-likeness (QED) is 0.742. The van der Waals surface area contributed by atoms with Crippen molar-refractivity contribution in [2.24, 2.45) is 0 Å². The Morgan fingerprint density at radius 3 is 2.86 bits per heavy atom. The van der Waals surface area contributed by atoms with Crippen LogP contribution in [-0.2, 0) is 17.9 Å². The van der Waals surface area contributed by atoms with Gasteiger partial charge in [-0.2, -0.15) is 0 Å². The Kier molecular flexibility index (Phi) is 6.66. The minimum atomic E-state index is 0.453. The average Bonchev–Trinajstić information content (AvgIpc) is 2.52. The Bertz CT molecular complexity index is 549. The number of pyridine rings is 1. The zero-order valence-electron chi connectivity index (χ0n) is 12.0. The Balaban J connectivity index is 2.00. The number of methoxy groups -OCH3 is 1. The van der Waals surface area contributed by atoms with Gasteiger partial charge in [0.25, 0.3) is 0 Å². The molecule has 2 rings (SSSR count). The van der Waals surface area contributed by atoms with Crippen molar-refractivity contribution in [3.63, 3.8) is 0 Å². The molecule has 0 atom stereocenters. The Labute approximate surface area is 133 Å². The van der Waals surface area contributed by atoms with Gasteiger partial charge in [0.1, 0.15) is 12.4 Å². The molecule has 0 aliphatic heterocycles. The van der Waals surface area contributed by atoms with Crippen molar-refractivity contribution in [2.75, 3.05) is 20.3 Å². The Morgan fingerprint density at radius 2 is 2.10 bits per heavy atom.